The van der Waals surface area contributed by atoms with Gasteiger partial charge in [-0.2, -0.15) is 0 Å². The van der Waals surface area contributed by atoms with Crippen LogP contribution in [0.3, 0.4) is 0 Å². The molecule has 0 fully saturated rings. The lowest BCUT2D eigenvalue weighted by Crippen LogP contribution is -2.25. The van der Waals surface area contributed by atoms with E-state index in [1.807, 2.05) is 37.3 Å². The molecule has 0 bridgehead atoms. The van der Waals surface area contributed by atoms with E-state index in [9.17, 15) is 13.2 Å². The van der Waals surface area contributed by atoms with Crippen molar-refractivity contribution in [2.75, 3.05) is 30.8 Å². The quantitative estimate of drug-likeness (QED) is 0.513. The molecule has 0 aliphatic rings. The second-order valence-electron chi connectivity index (χ2n) is 6.00. The van der Waals surface area contributed by atoms with Crippen LogP contribution in [0.2, 0.25) is 0 Å². The molecule has 0 heterocycles. The largest absolute Gasteiger partial charge is 0.382 e. The molecule has 2 aromatic carbocycles. The summed E-state index contributed by atoms with van der Waals surface area (Å²) in [7, 11) is -3.56. The van der Waals surface area contributed by atoms with Crippen molar-refractivity contribution in [3.63, 3.8) is 0 Å². The lowest BCUT2D eigenvalue weighted by molar-refractivity contribution is -0.113. The summed E-state index contributed by atoms with van der Waals surface area (Å²) in [4.78, 5) is 12.2. The van der Waals surface area contributed by atoms with Gasteiger partial charge in [-0.3, -0.25) is 4.79 Å². The Morgan fingerprint density at radius 3 is 2.46 bits per heavy atom. The molecule has 6 nitrogen and oxygen atoms in total. The van der Waals surface area contributed by atoms with Crippen LogP contribution in [0.5, 0.6) is 0 Å². The van der Waals surface area contributed by atoms with Crippen molar-refractivity contribution >= 4 is 33.4 Å². The number of ether oxygens (including phenoxy) is 1. The maximum Gasteiger partial charge on any atom is 0.240 e. The number of rotatable bonds is 12. The number of nitrogens with one attached hydrogen (secondary N) is 2. The fourth-order valence-corrected chi connectivity index (χ4v) is 4.22. The zero-order valence-corrected chi connectivity index (χ0v) is 17.5. The lowest BCUT2D eigenvalue weighted by atomic mass is 10.2. The molecule has 8 heteroatoms. The Kier molecular flexibility index (Phi) is 9.49. The lowest BCUT2D eigenvalue weighted by Gasteiger charge is -2.09. The van der Waals surface area contributed by atoms with Gasteiger partial charge in [0, 0.05) is 31.2 Å². The van der Waals surface area contributed by atoms with E-state index in [0.717, 1.165) is 5.75 Å². The second kappa shape index (κ2) is 11.9. The van der Waals surface area contributed by atoms with Crippen LogP contribution in [0.15, 0.2) is 59.5 Å². The highest BCUT2D eigenvalue weighted by Gasteiger charge is 2.13. The average Bonchev–Trinajstić information content (AvgIpc) is 2.69. The molecule has 0 aromatic heterocycles. The Hall–Kier alpha value is -1.87. The molecule has 152 valence electrons. The van der Waals surface area contributed by atoms with E-state index < -0.39 is 10.0 Å². The van der Waals surface area contributed by atoms with Crippen molar-refractivity contribution in [3.05, 3.63) is 60.2 Å². The first-order chi connectivity index (χ1) is 13.5. The molecule has 0 radical (unpaired) electrons. The molecule has 0 saturated heterocycles. The smallest absolute Gasteiger partial charge is 0.240 e. The van der Waals surface area contributed by atoms with Gasteiger partial charge in [0.15, 0.2) is 0 Å². The minimum Gasteiger partial charge on any atom is -0.382 e. The molecule has 0 spiro atoms. The minimum absolute atomic E-state index is 0.120. The van der Waals surface area contributed by atoms with Gasteiger partial charge in [0.1, 0.15) is 0 Å². The summed E-state index contributed by atoms with van der Waals surface area (Å²) < 4.78 is 32.2. The molecule has 2 aromatic rings. The highest BCUT2D eigenvalue weighted by Crippen LogP contribution is 2.16. The Bertz CT molecular complexity index is 825. The van der Waals surface area contributed by atoms with Gasteiger partial charge in [-0.1, -0.05) is 30.3 Å². The standard InChI is InChI=1S/C20H26N2O4S2/c1-2-26-14-6-13-21-28(24,25)19-11-9-18(10-12-19)22-20(23)16-27-15-17-7-4-3-5-8-17/h3-5,7-12,21H,2,6,13-16H2,1H3,(H,22,23). The predicted octanol–water partition coefficient (Wildman–Crippen LogP) is 3.26. The van der Waals surface area contributed by atoms with Gasteiger partial charge in [0.25, 0.3) is 0 Å². The molecule has 2 N–H and O–H groups in total. The van der Waals surface area contributed by atoms with E-state index in [-0.39, 0.29) is 10.8 Å². The van der Waals surface area contributed by atoms with Crippen molar-refractivity contribution < 1.29 is 17.9 Å². The number of anilines is 1. The number of hydrogen-bond donors (Lipinski definition) is 2. The topological polar surface area (TPSA) is 84.5 Å². The fourth-order valence-electron chi connectivity index (χ4n) is 2.36. The van der Waals surface area contributed by atoms with Crippen LogP contribution in [0, 0.1) is 0 Å². The van der Waals surface area contributed by atoms with Crippen LogP contribution >= 0.6 is 11.8 Å². The fraction of sp³-hybridized carbons (Fsp3) is 0.350. The molecular formula is C20H26N2O4S2. The first-order valence-corrected chi connectivity index (χ1v) is 11.7. The summed E-state index contributed by atoms with van der Waals surface area (Å²) in [5, 5.41) is 2.78. The van der Waals surface area contributed by atoms with E-state index in [4.69, 9.17) is 4.74 Å². The van der Waals surface area contributed by atoms with Crippen LogP contribution in [0.4, 0.5) is 5.69 Å². The third-order valence-corrected chi connectivity index (χ3v) is 6.24. The number of hydrogen-bond acceptors (Lipinski definition) is 5. The highest BCUT2D eigenvalue weighted by molar-refractivity contribution is 7.99. The Morgan fingerprint density at radius 1 is 1.07 bits per heavy atom. The normalized spacial score (nSPS) is 11.3. The first kappa shape index (κ1) is 22.4. The summed E-state index contributed by atoms with van der Waals surface area (Å²) >= 11 is 1.53. The van der Waals surface area contributed by atoms with Crippen LogP contribution in [0.25, 0.3) is 0 Å². The molecule has 0 aliphatic heterocycles. The zero-order valence-electron chi connectivity index (χ0n) is 15.9. The van der Waals surface area contributed by atoms with Crippen molar-refractivity contribution in [1.82, 2.24) is 4.72 Å². The summed E-state index contributed by atoms with van der Waals surface area (Å²) in [6.07, 6.45) is 0.613. The molecule has 28 heavy (non-hydrogen) atoms. The molecule has 0 atom stereocenters. The van der Waals surface area contributed by atoms with E-state index in [2.05, 4.69) is 10.0 Å². The van der Waals surface area contributed by atoms with Crippen LogP contribution in [-0.4, -0.2) is 39.8 Å². The Labute approximate surface area is 171 Å². The van der Waals surface area contributed by atoms with Gasteiger partial charge in [0.05, 0.1) is 10.6 Å². The van der Waals surface area contributed by atoms with Crippen molar-refractivity contribution in [2.45, 2.75) is 24.0 Å². The Morgan fingerprint density at radius 2 is 1.79 bits per heavy atom. The third kappa shape index (κ3) is 8.02. The Balaban J connectivity index is 1.77. The summed E-state index contributed by atoms with van der Waals surface area (Å²) in [5.74, 6) is 0.974. The number of sulfonamides is 1. The van der Waals surface area contributed by atoms with E-state index >= 15 is 0 Å². The van der Waals surface area contributed by atoms with Crippen molar-refractivity contribution in [3.8, 4) is 0 Å². The number of carbonyl (C=O) groups excluding carboxylic acids is 1. The van der Waals surface area contributed by atoms with Gasteiger partial charge in [0.2, 0.25) is 15.9 Å². The second-order valence-corrected chi connectivity index (χ2v) is 8.75. The van der Waals surface area contributed by atoms with Crippen molar-refractivity contribution in [1.29, 1.82) is 0 Å². The summed E-state index contributed by atoms with van der Waals surface area (Å²) in [6, 6.07) is 16.1. The van der Waals surface area contributed by atoms with Crippen molar-refractivity contribution in [2.24, 2.45) is 0 Å². The third-order valence-electron chi connectivity index (χ3n) is 3.75. The maximum atomic E-state index is 12.2. The minimum atomic E-state index is -3.56. The number of benzene rings is 2. The van der Waals surface area contributed by atoms with Crippen LogP contribution in [-0.2, 0) is 25.3 Å². The van der Waals surface area contributed by atoms with Gasteiger partial charge in [-0.05, 0) is 43.2 Å². The van der Waals surface area contributed by atoms with Crippen LogP contribution in [0.1, 0.15) is 18.9 Å². The molecule has 2 rings (SSSR count). The molecule has 0 saturated carbocycles. The van der Waals surface area contributed by atoms with Gasteiger partial charge < -0.3 is 10.1 Å². The number of amides is 1. The zero-order chi connectivity index (χ0) is 20.2. The highest BCUT2D eigenvalue weighted by atomic mass is 32.2. The monoisotopic (exact) mass is 422 g/mol. The van der Waals surface area contributed by atoms with Gasteiger partial charge >= 0.3 is 0 Å². The average molecular weight is 423 g/mol. The van der Waals surface area contributed by atoms with Gasteiger partial charge in [-0.15, -0.1) is 11.8 Å². The molecule has 0 aliphatic carbocycles. The number of thioether (sulfide) groups is 1. The van der Waals surface area contributed by atoms with Crippen LogP contribution < -0.4 is 10.0 Å². The SMILES string of the molecule is CCOCCCNS(=O)(=O)c1ccc(NC(=O)CSCc2ccccc2)cc1. The maximum absolute atomic E-state index is 12.2. The summed E-state index contributed by atoms with van der Waals surface area (Å²) in [5.41, 5.74) is 1.74. The number of carbonyl (C=O) groups is 1. The molecule has 0 unspecified atom stereocenters. The van der Waals surface area contributed by atoms with Gasteiger partial charge in [-0.25, -0.2) is 13.1 Å². The van der Waals surface area contributed by atoms with E-state index in [0.29, 0.717) is 37.6 Å². The molecular weight excluding hydrogens is 396 g/mol. The first-order valence-electron chi connectivity index (χ1n) is 9.10. The van der Waals surface area contributed by atoms with E-state index in [1.54, 1.807) is 12.1 Å². The predicted molar refractivity (Wildman–Crippen MR) is 114 cm³/mol. The summed E-state index contributed by atoms with van der Waals surface area (Å²) in [6.45, 7) is 3.35. The van der Waals surface area contributed by atoms with E-state index in [1.165, 1.54) is 29.5 Å². The molecule has 1 amide bonds.